The van der Waals surface area contributed by atoms with Crippen molar-refractivity contribution < 1.29 is 17.9 Å². The van der Waals surface area contributed by atoms with Crippen molar-refractivity contribution in [3.8, 4) is 0 Å². The Morgan fingerprint density at radius 3 is 2.42 bits per heavy atom. The maximum absolute atomic E-state index is 12.3. The summed E-state index contributed by atoms with van der Waals surface area (Å²) in [5.41, 5.74) is 1.29. The Hall–Kier alpha value is -1.14. The molecule has 1 heterocycles. The highest BCUT2D eigenvalue weighted by Gasteiger charge is 2.36. The van der Waals surface area contributed by atoms with Crippen LogP contribution in [0.25, 0.3) is 0 Å². The van der Waals surface area contributed by atoms with Gasteiger partial charge >= 0.3 is 6.18 Å². The van der Waals surface area contributed by atoms with Gasteiger partial charge in [0.2, 0.25) is 0 Å². The van der Waals surface area contributed by atoms with Gasteiger partial charge in [0.1, 0.15) is 0 Å². The Morgan fingerprint density at radius 1 is 1.21 bits per heavy atom. The predicted molar refractivity (Wildman–Crippen MR) is 66.5 cm³/mol. The molecule has 1 N–H and O–H groups in total. The van der Waals surface area contributed by atoms with E-state index in [-0.39, 0.29) is 6.61 Å². The lowest BCUT2D eigenvalue weighted by molar-refractivity contribution is -0.217. The number of hydrogen-bond donors (Lipinski definition) is 1. The van der Waals surface area contributed by atoms with Crippen molar-refractivity contribution >= 4 is 0 Å². The van der Waals surface area contributed by atoms with Gasteiger partial charge in [-0.1, -0.05) is 19.9 Å². The summed E-state index contributed by atoms with van der Waals surface area (Å²) < 4.78 is 41.6. The second kappa shape index (κ2) is 6.86. The minimum atomic E-state index is -4.34. The zero-order valence-corrected chi connectivity index (χ0v) is 11.3. The van der Waals surface area contributed by atoms with E-state index in [9.17, 15) is 13.2 Å². The van der Waals surface area contributed by atoms with Gasteiger partial charge in [-0.05, 0) is 19.1 Å². The molecular formula is C13H19F3N2O. The van der Waals surface area contributed by atoms with Gasteiger partial charge in [-0.2, -0.15) is 13.2 Å². The highest BCUT2D eigenvalue weighted by molar-refractivity contribution is 5.10. The van der Waals surface area contributed by atoms with Crippen LogP contribution in [0.2, 0.25) is 0 Å². The molecule has 0 aliphatic heterocycles. The molecule has 1 unspecified atom stereocenters. The molecule has 0 spiro atoms. The van der Waals surface area contributed by atoms with Gasteiger partial charge in [0.05, 0.1) is 18.0 Å². The van der Waals surface area contributed by atoms with Crippen molar-refractivity contribution in [3.63, 3.8) is 0 Å². The molecule has 0 saturated heterocycles. The number of halogens is 3. The van der Waals surface area contributed by atoms with E-state index in [0.29, 0.717) is 18.3 Å². The summed E-state index contributed by atoms with van der Waals surface area (Å²) in [6, 6.07) is 5.57. The van der Waals surface area contributed by atoms with Crippen LogP contribution < -0.4 is 5.32 Å². The molecule has 0 aliphatic carbocycles. The summed E-state index contributed by atoms with van der Waals surface area (Å²) in [7, 11) is 0. The first-order valence-corrected chi connectivity index (χ1v) is 6.15. The summed E-state index contributed by atoms with van der Waals surface area (Å²) in [4.78, 5) is 4.24. The number of alkyl halides is 3. The zero-order valence-electron chi connectivity index (χ0n) is 11.3. The van der Waals surface area contributed by atoms with Gasteiger partial charge in [-0.3, -0.25) is 4.98 Å². The number of pyridine rings is 1. The largest absolute Gasteiger partial charge is 0.414 e. The topological polar surface area (TPSA) is 34.1 Å². The quantitative estimate of drug-likeness (QED) is 0.867. The van der Waals surface area contributed by atoms with Crippen LogP contribution >= 0.6 is 0 Å². The molecule has 0 fully saturated rings. The lowest BCUT2D eigenvalue weighted by atomic mass is 10.3. The molecule has 0 saturated carbocycles. The number of rotatable bonds is 6. The van der Waals surface area contributed by atoms with Gasteiger partial charge in [0.15, 0.2) is 6.10 Å². The minimum absolute atomic E-state index is 0.143. The second-order valence-electron chi connectivity index (χ2n) is 4.65. The molecule has 0 amide bonds. The summed E-state index contributed by atoms with van der Waals surface area (Å²) in [6.45, 7) is 5.46. The third-order valence-electron chi connectivity index (χ3n) is 2.50. The fraction of sp³-hybridized carbons (Fsp3) is 0.615. The molecule has 0 bridgehead atoms. The molecule has 1 aromatic heterocycles. The Kier molecular flexibility index (Phi) is 5.75. The van der Waals surface area contributed by atoms with Crippen LogP contribution in [0.4, 0.5) is 13.2 Å². The maximum atomic E-state index is 12.3. The summed E-state index contributed by atoms with van der Waals surface area (Å²) in [5, 5.41) is 3.19. The van der Waals surface area contributed by atoms with Crippen LogP contribution in [0.3, 0.4) is 0 Å². The summed E-state index contributed by atoms with van der Waals surface area (Å²) in [6.07, 6.45) is -6.12. The van der Waals surface area contributed by atoms with Gasteiger partial charge in [-0.15, -0.1) is 0 Å². The first-order chi connectivity index (χ1) is 8.79. The highest BCUT2D eigenvalue weighted by Crippen LogP contribution is 2.23. The zero-order chi connectivity index (χ0) is 14.5. The van der Waals surface area contributed by atoms with Crippen molar-refractivity contribution in [2.24, 2.45) is 0 Å². The molecule has 0 radical (unpaired) electrons. The minimum Gasteiger partial charge on any atom is -0.363 e. The van der Waals surface area contributed by atoms with Gasteiger partial charge in [-0.25, -0.2) is 0 Å². The summed E-state index contributed by atoms with van der Waals surface area (Å²) in [5.74, 6) is 0. The van der Waals surface area contributed by atoms with Crippen LogP contribution in [0, 0.1) is 0 Å². The third kappa shape index (κ3) is 6.02. The average Bonchev–Trinajstić information content (AvgIpc) is 2.32. The van der Waals surface area contributed by atoms with Gasteiger partial charge < -0.3 is 10.1 Å². The van der Waals surface area contributed by atoms with E-state index in [2.05, 4.69) is 10.3 Å². The molecule has 6 heteroatoms. The number of aromatic nitrogens is 1. The van der Waals surface area contributed by atoms with Crippen LogP contribution in [-0.2, 0) is 17.9 Å². The number of hydrogen-bond acceptors (Lipinski definition) is 3. The van der Waals surface area contributed by atoms with E-state index in [4.69, 9.17) is 4.74 Å². The van der Waals surface area contributed by atoms with Crippen LogP contribution in [0.15, 0.2) is 18.2 Å². The molecular weight excluding hydrogens is 257 g/mol. The standard InChI is InChI=1S/C13H19F3N2O/c1-9(2)17-7-11-5-4-6-12(18-11)8-19-10(3)13(14,15)16/h4-6,9-10,17H,7-8H2,1-3H3. The molecule has 0 aliphatic rings. The van der Waals surface area contributed by atoms with Crippen molar-refractivity contribution in [2.45, 2.75) is 52.2 Å². The average molecular weight is 276 g/mol. The Balaban J connectivity index is 2.53. The molecule has 1 aromatic rings. The Morgan fingerprint density at radius 2 is 1.84 bits per heavy atom. The molecule has 108 valence electrons. The predicted octanol–water partition coefficient (Wildman–Crippen LogP) is 3.05. The van der Waals surface area contributed by atoms with Crippen LogP contribution in [0.5, 0.6) is 0 Å². The third-order valence-corrected chi connectivity index (χ3v) is 2.50. The van der Waals surface area contributed by atoms with Crippen LogP contribution in [0.1, 0.15) is 32.2 Å². The first kappa shape index (κ1) is 15.9. The first-order valence-electron chi connectivity index (χ1n) is 6.15. The molecule has 3 nitrogen and oxygen atoms in total. The van der Waals surface area contributed by atoms with Crippen molar-refractivity contribution in [2.75, 3.05) is 0 Å². The monoisotopic (exact) mass is 276 g/mol. The van der Waals surface area contributed by atoms with E-state index < -0.39 is 12.3 Å². The van der Waals surface area contributed by atoms with E-state index >= 15 is 0 Å². The smallest absolute Gasteiger partial charge is 0.363 e. The number of nitrogens with zero attached hydrogens (tertiary/aromatic N) is 1. The van der Waals surface area contributed by atoms with Crippen molar-refractivity contribution in [1.82, 2.24) is 10.3 Å². The lowest BCUT2D eigenvalue weighted by Gasteiger charge is -2.16. The maximum Gasteiger partial charge on any atom is 0.414 e. The van der Waals surface area contributed by atoms with E-state index in [1.165, 1.54) is 0 Å². The van der Waals surface area contributed by atoms with Gasteiger partial charge in [0.25, 0.3) is 0 Å². The summed E-state index contributed by atoms with van der Waals surface area (Å²) >= 11 is 0. The number of ether oxygens (including phenoxy) is 1. The Bertz CT molecular complexity index is 394. The van der Waals surface area contributed by atoms with E-state index in [1.807, 2.05) is 19.9 Å². The molecule has 19 heavy (non-hydrogen) atoms. The number of nitrogens with one attached hydrogen (secondary N) is 1. The second-order valence-corrected chi connectivity index (χ2v) is 4.65. The van der Waals surface area contributed by atoms with Gasteiger partial charge in [0, 0.05) is 12.6 Å². The fourth-order valence-electron chi connectivity index (χ4n) is 1.32. The molecule has 1 rings (SSSR count). The fourth-order valence-corrected chi connectivity index (χ4v) is 1.32. The SMILES string of the molecule is CC(C)NCc1cccc(COC(C)C(F)(F)F)n1. The van der Waals surface area contributed by atoms with E-state index in [1.54, 1.807) is 12.1 Å². The van der Waals surface area contributed by atoms with Crippen molar-refractivity contribution in [3.05, 3.63) is 29.6 Å². The van der Waals surface area contributed by atoms with Crippen molar-refractivity contribution in [1.29, 1.82) is 0 Å². The van der Waals surface area contributed by atoms with E-state index in [0.717, 1.165) is 12.6 Å². The lowest BCUT2D eigenvalue weighted by Crippen LogP contribution is -2.28. The molecule has 1 atom stereocenters. The van der Waals surface area contributed by atoms with Crippen LogP contribution in [-0.4, -0.2) is 23.3 Å². The highest BCUT2D eigenvalue weighted by atomic mass is 19.4. The molecule has 0 aromatic carbocycles. The normalized spacial score (nSPS) is 13.8. The Labute approximate surface area is 111 Å².